The van der Waals surface area contributed by atoms with Crippen LogP contribution in [0.25, 0.3) is 5.69 Å². The quantitative estimate of drug-likeness (QED) is 0.451. The van der Waals surface area contributed by atoms with E-state index in [4.69, 9.17) is 20.9 Å². The van der Waals surface area contributed by atoms with Crippen molar-refractivity contribution in [2.75, 3.05) is 12.4 Å². The van der Waals surface area contributed by atoms with E-state index < -0.39 is 10.9 Å². The Hall–Kier alpha value is -2.71. The average Bonchev–Trinajstić information content (AvgIpc) is 3.08. The predicted octanol–water partition coefficient (Wildman–Crippen LogP) is 3.42. The Morgan fingerprint density at radius 2 is 2.00 bits per heavy atom. The van der Waals surface area contributed by atoms with Crippen molar-refractivity contribution in [3.8, 4) is 11.4 Å². The summed E-state index contributed by atoms with van der Waals surface area (Å²) in [4.78, 5) is 24.9. The molecule has 3 rings (SSSR count). The molecule has 1 aromatic heterocycles. The van der Waals surface area contributed by atoms with Crippen LogP contribution >= 0.6 is 23.4 Å². The van der Waals surface area contributed by atoms with Gasteiger partial charge in [0.15, 0.2) is 0 Å². The lowest BCUT2D eigenvalue weighted by Crippen LogP contribution is -2.37. The van der Waals surface area contributed by atoms with Crippen LogP contribution in [-0.2, 0) is 4.79 Å². The number of ether oxygens (including phenoxy) is 1. The smallest absolute Gasteiger partial charge is 0.442 e. The van der Waals surface area contributed by atoms with Crippen molar-refractivity contribution >= 4 is 35.0 Å². The summed E-state index contributed by atoms with van der Waals surface area (Å²) >= 11 is 7.23. The first-order valence-corrected chi connectivity index (χ1v) is 9.79. The number of halogens is 1. The van der Waals surface area contributed by atoms with Crippen molar-refractivity contribution in [3.63, 3.8) is 0 Å². The van der Waals surface area contributed by atoms with Crippen molar-refractivity contribution in [2.45, 2.75) is 23.6 Å². The van der Waals surface area contributed by atoms with E-state index in [0.29, 0.717) is 28.6 Å². The first-order valence-electron chi connectivity index (χ1n) is 8.53. The molecule has 0 fully saturated rings. The number of thioether (sulfide) groups is 1. The highest BCUT2D eigenvalue weighted by Crippen LogP contribution is 2.25. The summed E-state index contributed by atoms with van der Waals surface area (Å²) in [6, 6.07) is 14.1. The topological polar surface area (TPSA) is 88.2 Å². The van der Waals surface area contributed by atoms with E-state index in [0.717, 1.165) is 11.8 Å². The fourth-order valence-corrected chi connectivity index (χ4v) is 3.67. The molecule has 2 aromatic carbocycles. The van der Waals surface area contributed by atoms with Crippen LogP contribution in [-0.4, -0.2) is 23.5 Å². The minimum Gasteiger partial charge on any atom is -0.497 e. The highest BCUT2D eigenvalue weighted by Gasteiger charge is 2.30. The number of anilines is 1. The molecule has 7 nitrogen and oxygen atoms in total. The number of aromatic nitrogens is 2. The van der Waals surface area contributed by atoms with Gasteiger partial charge in [0.1, 0.15) is 5.75 Å². The zero-order chi connectivity index (χ0) is 20.1. The fraction of sp³-hybridized carbons (Fsp3) is 0.211. The number of rotatable bonds is 7. The van der Waals surface area contributed by atoms with Gasteiger partial charge in [0.25, 0.3) is 0 Å². The first kappa shape index (κ1) is 20.0. The lowest BCUT2D eigenvalue weighted by Gasteiger charge is -2.13. The van der Waals surface area contributed by atoms with Crippen LogP contribution in [0, 0.1) is 0 Å². The molecule has 3 aromatic rings. The molecule has 2 N–H and O–H groups in total. The third-order valence-electron chi connectivity index (χ3n) is 3.99. The number of aromatic amines is 1. The number of benzene rings is 2. The molecule has 146 valence electrons. The average molecular weight is 421 g/mol. The van der Waals surface area contributed by atoms with Gasteiger partial charge in [-0.05, 0) is 52.4 Å². The Bertz CT molecular complexity index is 1020. The van der Waals surface area contributed by atoms with Gasteiger partial charge in [-0.2, -0.15) is 0 Å². The molecule has 1 atom stereocenters. The standard InChI is InChI=1S/C19H18ClN3O4S/c1-3-16(17(24)21-15-7-5-4-6-14(15)20)28-18-19(25)27-22-23(18)12-8-10-13(26-2)11-9-12/h4-11,16H,3H2,1-2H3,(H-,21,22,24,25)/p+1. The third kappa shape index (κ3) is 4.40. The maximum atomic E-state index is 12.7. The molecular formula is C19H19ClN3O4S+. The number of hydrogen-bond acceptors (Lipinski definition) is 5. The second-order valence-corrected chi connectivity index (χ2v) is 7.40. The molecular weight excluding hydrogens is 402 g/mol. The van der Waals surface area contributed by atoms with Gasteiger partial charge < -0.3 is 10.1 Å². The van der Waals surface area contributed by atoms with E-state index in [1.54, 1.807) is 55.6 Å². The van der Waals surface area contributed by atoms with Crippen molar-refractivity contribution in [1.29, 1.82) is 0 Å². The second-order valence-electron chi connectivity index (χ2n) is 5.80. The lowest BCUT2D eigenvalue weighted by atomic mass is 10.2. The Morgan fingerprint density at radius 1 is 1.29 bits per heavy atom. The van der Waals surface area contributed by atoms with Crippen molar-refractivity contribution in [3.05, 3.63) is 64.0 Å². The summed E-state index contributed by atoms with van der Waals surface area (Å²) in [6.07, 6.45) is 0.508. The number of carbonyl (C=O) groups excluding carboxylic acids is 1. The van der Waals surface area contributed by atoms with Gasteiger partial charge in [0.05, 0.1) is 23.1 Å². The van der Waals surface area contributed by atoms with E-state index in [9.17, 15) is 9.59 Å². The molecule has 9 heteroatoms. The summed E-state index contributed by atoms with van der Waals surface area (Å²) in [5, 5.41) is 5.58. The molecule has 1 amide bonds. The number of H-pyrrole nitrogens is 1. The number of para-hydroxylation sites is 1. The summed E-state index contributed by atoms with van der Waals surface area (Å²) in [5.41, 5.74) is 0.651. The summed E-state index contributed by atoms with van der Waals surface area (Å²) < 4.78 is 11.6. The van der Waals surface area contributed by atoms with E-state index >= 15 is 0 Å². The van der Waals surface area contributed by atoms with E-state index in [-0.39, 0.29) is 10.9 Å². The van der Waals surface area contributed by atoms with Crippen LogP contribution in [0.4, 0.5) is 5.69 Å². The zero-order valence-electron chi connectivity index (χ0n) is 15.3. The number of hydrogen-bond donors (Lipinski definition) is 2. The Balaban J connectivity index is 1.83. The van der Waals surface area contributed by atoms with E-state index in [2.05, 4.69) is 10.6 Å². The van der Waals surface area contributed by atoms with Gasteiger partial charge in [0.2, 0.25) is 11.6 Å². The largest absolute Gasteiger partial charge is 0.497 e. The molecule has 0 bridgehead atoms. The highest BCUT2D eigenvalue weighted by molar-refractivity contribution is 8.00. The lowest BCUT2D eigenvalue weighted by molar-refractivity contribution is -0.704. The van der Waals surface area contributed by atoms with Crippen molar-refractivity contribution in [1.82, 2.24) is 5.27 Å². The zero-order valence-corrected chi connectivity index (χ0v) is 16.8. The van der Waals surface area contributed by atoms with Gasteiger partial charge in [-0.1, -0.05) is 30.7 Å². The SMILES string of the molecule is CCC(Sc1c(=O)o[nH][n+]1-c1ccc(OC)cc1)C(=O)Nc1ccccc1Cl. The van der Waals surface area contributed by atoms with E-state index in [1.165, 1.54) is 4.68 Å². The van der Waals surface area contributed by atoms with Crippen LogP contribution in [0.1, 0.15) is 13.3 Å². The van der Waals surface area contributed by atoms with Crippen LogP contribution in [0.5, 0.6) is 5.75 Å². The number of methoxy groups -OCH3 is 1. The van der Waals surface area contributed by atoms with Crippen LogP contribution in [0.15, 0.2) is 62.9 Å². The molecule has 1 heterocycles. The Kier molecular flexibility index (Phi) is 6.43. The maximum absolute atomic E-state index is 12.7. The first-order chi connectivity index (χ1) is 13.5. The molecule has 0 aliphatic heterocycles. The monoisotopic (exact) mass is 420 g/mol. The number of carbonyl (C=O) groups is 1. The van der Waals surface area contributed by atoms with Crippen LogP contribution in [0.2, 0.25) is 5.02 Å². The van der Waals surface area contributed by atoms with Crippen molar-refractivity contribution < 1.29 is 18.7 Å². The Morgan fingerprint density at radius 3 is 2.64 bits per heavy atom. The van der Waals surface area contributed by atoms with Gasteiger partial charge in [-0.3, -0.25) is 9.32 Å². The second kappa shape index (κ2) is 8.99. The molecule has 0 spiro atoms. The van der Waals surface area contributed by atoms with Crippen LogP contribution in [0.3, 0.4) is 0 Å². The van der Waals surface area contributed by atoms with Crippen LogP contribution < -0.4 is 20.4 Å². The molecule has 0 aliphatic carbocycles. The summed E-state index contributed by atoms with van der Waals surface area (Å²) in [6.45, 7) is 1.87. The molecule has 0 radical (unpaired) electrons. The molecule has 28 heavy (non-hydrogen) atoms. The fourth-order valence-electron chi connectivity index (χ4n) is 2.50. The van der Waals surface area contributed by atoms with Gasteiger partial charge >= 0.3 is 10.7 Å². The number of amides is 1. The molecule has 0 aliphatic rings. The minimum atomic E-state index is -0.551. The molecule has 0 saturated heterocycles. The summed E-state index contributed by atoms with van der Waals surface area (Å²) in [5.74, 6) is 0.442. The van der Waals surface area contributed by atoms with Gasteiger partial charge in [0, 0.05) is 12.1 Å². The molecule has 1 unspecified atom stereocenters. The van der Waals surface area contributed by atoms with E-state index in [1.807, 2.05) is 6.92 Å². The minimum absolute atomic E-state index is 0.248. The van der Waals surface area contributed by atoms with Crippen molar-refractivity contribution in [2.24, 2.45) is 0 Å². The summed E-state index contributed by atoms with van der Waals surface area (Å²) in [7, 11) is 1.58. The maximum Gasteiger partial charge on any atom is 0.442 e. The Labute approximate surface area is 170 Å². The predicted molar refractivity (Wildman–Crippen MR) is 107 cm³/mol. The normalized spacial score (nSPS) is 11.8. The van der Waals surface area contributed by atoms with Gasteiger partial charge in [-0.15, -0.1) is 0 Å². The highest BCUT2D eigenvalue weighted by atomic mass is 35.5. The number of nitrogens with zero attached hydrogens (tertiary/aromatic N) is 1. The number of nitrogens with one attached hydrogen (secondary N) is 2. The third-order valence-corrected chi connectivity index (χ3v) is 5.72. The van der Waals surface area contributed by atoms with Gasteiger partial charge in [-0.25, -0.2) is 4.79 Å². The molecule has 0 saturated carbocycles.